The summed E-state index contributed by atoms with van der Waals surface area (Å²) in [5.74, 6) is 3.59. The first kappa shape index (κ1) is 11.0. The molecule has 0 bridgehead atoms. The number of para-hydroxylation sites is 1. The highest BCUT2D eigenvalue weighted by molar-refractivity contribution is 5.35. The Labute approximate surface area is 96.9 Å². The van der Waals surface area contributed by atoms with Crippen LogP contribution in [0.2, 0.25) is 0 Å². The molecule has 0 aromatic heterocycles. The molecule has 1 aliphatic rings. The first-order valence-electron chi connectivity index (χ1n) is 5.75. The molecule has 1 heterocycles. The van der Waals surface area contributed by atoms with Gasteiger partial charge in [0.05, 0.1) is 6.54 Å². The summed E-state index contributed by atoms with van der Waals surface area (Å²) in [6, 6.07) is 7.65. The largest absolute Gasteiger partial charge is 0.508 e. The van der Waals surface area contributed by atoms with E-state index in [2.05, 4.69) is 10.8 Å². The molecular weight excluding hydrogens is 198 g/mol. The van der Waals surface area contributed by atoms with Crippen molar-refractivity contribution in [2.24, 2.45) is 0 Å². The molecule has 84 valence electrons. The molecule has 1 fully saturated rings. The van der Waals surface area contributed by atoms with E-state index in [0.29, 0.717) is 11.7 Å². The van der Waals surface area contributed by atoms with Crippen molar-refractivity contribution in [3.63, 3.8) is 0 Å². The van der Waals surface area contributed by atoms with Gasteiger partial charge in [0.1, 0.15) is 5.75 Å². The Bertz CT molecular complexity index is 386. The second-order valence-corrected chi connectivity index (χ2v) is 4.31. The number of hydrogen-bond donors (Lipinski definition) is 1. The number of terminal acetylenes is 1. The summed E-state index contributed by atoms with van der Waals surface area (Å²) < 4.78 is 0. The minimum absolute atomic E-state index is 0.429. The average Bonchev–Trinajstić information content (AvgIpc) is 2.31. The number of piperidine rings is 1. The first-order valence-corrected chi connectivity index (χ1v) is 5.75. The Morgan fingerprint density at radius 1 is 1.31 bits per heavy atom. The van der Waals surface area contributed by atoms with Crippen LogP contribution in [0.5, 0.6) is 5.75 Å². The summed E-state index contributed by atoms with van der Waals surface area (Å²) in [4.78, 5) is 2.29. The van der Waals surface area contributed by atoms with Gasteiger partial charge in [-0.3, -0.25) is 4.90 Å². The van der Waals surface area contributed by atoms with Gasteiger partial charge < -0.3 is 5.11 Å². The molecule has 2 heteroatoms. The lowest BCUT2D eigenvalue weighted by molar-refractivity contribution is 0.234. The molecular formula is C14H17NO. The fourth-order valence-electron chi connectivity index (χ4n) is 2.36. The monoisotopic (exact) mass is 215 g/mol. The maximum atomic E-state index is 9.79. The zero-order valence-corrected chi connectivity index (χ0v) is 9.39. The maximum Gasteiger partial charge on any atom is 0.119 e. The lowest BCUT2D eigenvalue weighted by atomic mass is 9.89. The lowest BCUT2D eigenvalue weighted by Gasteiger charge is -2.31. The quantitative estimate of drug-likeness (QED) is 0.764. The van der Waals surface area contributed by atoms with Crippen LogP contribution < -0.4 is 0 Å². The molecule has 2 nitrogen and oxygen atoms in total. The van der Waals surface area contributed by atoms with E-state index >= 15 is 0 Å². The third-order valence-corrected chi connectivity index (χ3v) is 3.28. The van der Waals surface area contributed by atoms with Gasteiger partial charge in [-0.2, -0.15) is 0 Å². The van der Waals surface area contributed by atoms with Crippen LogP contribution in [0.4, 0.5) is 0 Å². The Hall–Kier alpha value is -1.46. The SMILES string of the molecule is C#CCN1CCC(c2ccccc2O)CC1. The van der Waals surface area contributed by atoms with Gasteiger partial charge in [-0.05, 0) is 43.5 Å². The Morgan fingerprint density at radius 3 is 2.62 bits per heavy atom. The van der Waals surface area contributed by atoms with Crippen LogP contribution in [0.15, 0.2) is 24.3 Å². The Morgan fingerprint density at radius 2 is 2.00 bits per heavy atom. The molecule has 1 aliphatic heterocycles. The van der Waals surface area contributed by atoms with Crippen LogP contribution in [-0.2, 0) is 0 Å². The minimum atomic E-state index is 0.429. The predicted molar refractivity (Wildman–Crippen MR) is 65.4 cm³/mol. The van der Waals surface area contributed by atoms with Crippen LogP contribution in [-0.4, -0.2) is 29.6 Å². The van der Waals surface area contributed by atoms with E-state index in [0.717, 1.165) is 38.0 Å². The second-order valence-electron chi connectivity index (χ2n) is 4.31. The highest BCUT2D eigenvalue weighted by Gasteiger charge is 2.21. The van der Waals surface area contributed by atoms with Gasteiger partial charge in [-0.1, -0.05) is 24.1 Å². The molecule has 0 spiro atoms. The second kappa shape index (κ2) is 5.05. The molecule has 0 atom stereocenters. The summed E-state index contributed by atoms with van der Waals surface area (Å²) in [7, 11) is 0. The zero-order chi connectivity index (χ0) is 11.4. The smallest absolute Gasteiger partial charge is 0.119 e. The number of phenols is 1. The van der Waals surface area contributed by atoms with Gasteiger partial charge >= 0.3 is 0 Å². The standard InChI is InChI=1S/C14H17NO/c1-2-9-15-10-7-12(8-11-15)13-5-3-4-6-14(13)16/h1,3-6,12,16H,7-11H2. The highest BCUT2D eigenvalue weighted by atomic mass is 16.3. The normalized spacial score (nSPS) is 18.2. The summed E-state index contributed by atoms with van der Waals surface area (Å²) in [6.07, 6.45) is 7.46. The summed E-state index contributed by atoms with van der Waals surface area (Å²) in [6.45, 7) is 2.81. The van der Waals surface area contributed by atoms with Crippen LogP contribution in [0.25, 0.3) is 0 Å². The molecule has 2 rings (SSSR count). The molecule has 0 amide bonds. The third kappa shape index (κ3) is 2.37. The zero-order valence-electron chi connectivity index (χ0n) is 9.39. The van der Waals surface area contributed by atoms with Crippen LogP contribution in [0.1, 0.15) is 24.3 Å². The number of hydrogen-bond acceptors (Lipinski definition) is 2. The van der Waals surface area contributed by atoms with Crippen LogP contribution in [0.3, 0.4) is 0 Å². The van der Waals surface area contributed by atoms with E-state index in [1.54, 1.807) is 6.07 Å². The van der Waals surface area contributed by atoms with Crippen molar-refractivity contribution in [3.05, 3.63) is 29.8 Å². The van der Waals surface area contributed by atoms with Crippen molar-refractivity contribution in [1.29, 1.82) is 0 Å². The topological polar surface area (TPSA) is 23.5 Å². The van der Waals surface area contributed by atoms with Gasteiger partial charge in [0.2, 0.25) is 0 Å². The van der Waals surface area contributed by atoms with E-state index in [-0.39, 0.29) is 0 Å². The number of aromatic hydroxyl groups is 1. The molecule has 0 aliphatic carbocycles. The lowest BCUT2D eigenvalue weighted by Crippen LogP contribution is -2.33. The molecule has 1 N–H and O–H groups in total. The average molecular weight is 215 g/mol. The predicted octanol–water partition coefficient (Wildman–Crippen LogP) is 2.20. The molecule has 1 aromatic rings. The Kier molecular flexibility index (Phi) is 3.48. The Balaban J connectivity index is 2.00. The van der Waals surface area contributed by atoms with E-state index in [9.17, 15) is 5.11 Å². The van der Waals surface area contributed by atoms with Gasteiger partial charge in [0, 0.05) is 0 Å². The number of rotatable bonds is 2. The van der Waals surface area contributed by atoms with Crippen LogP contribution in [0, 0.1) is 12.3 Å². The third-order valence-electron chi connectivity index (χ3n) is 3.28. The van der Waals surface area contributed by atoms with E-state index in [4.69, 9.17) is 6.42 Å². The van der Waals surface area contributed by atoms with Gasteiger partial charge in [-0.25, -0.2) is 0 Å². The van der Waals surface area contributed by atoms with Crippen molar-refractivity contribution in [2.45, 2.75) is 18.8 Å². The number of nitrogens with zero attached hydrogens (tertiary/aromatic N) is 1. The summed E-state index contributed by atoms with van der Waals surface area (Å²) in [5.41, 5.74) is 1.09. The van der Waals surface area contributed by atoms with Crippen molar-refractivity contribution in [3.8, 4) is 18.1 Å². The van der Waals surface area contributed by atoms with Crippen LogP contribution >= 0.6 is 0 Å². The van der Waals surface area contributed by atoms with Crippen molar-refractivity contribution in [1.82, 2.24) is 4.90 Å². The molecule has 16 heavy (non-hydrogen) atoms. The van der Waals surface area contributed by atoms with Gasteiger partial charge in [-0.15, -0.1) is 6.42 Å². The van der Waals surface area contributed by atoms with E-state index < -0.39 is 0 Å². The van der Waals surface area contributed by atoms with Crippen molar-refractivity contribution in [2.75, 3.05) is 19.6 Å². The highest BCUT2D eigenvalue weighted by Crippen LogP contribution is 2.33. The molecule has 0 saturated carbocycles. The molecule has 1 aromatic carbocycles. The summed E-state index contributed by atoms with van der Waals surface area (Å²) >= 11 is 0. The minimum Gasteiger partial charge on any atom is -0.508 e. The molecule has 0 unspecified atom stereocenters. The first-order chi connectivity index (χ1) is 7.81. The van der Waals surface area contributed by atoms with E-state index in [1.165, 1.54) is 0 Å². The molecule has 1 saturated heterocycles. The number of likely N-dealkylation sites (tertiary alicyclic amines) is 1. The summed E-state index contributed by atoms with van der Waals surface area (Å²) in [5, 5.41) is 9.79. The fraction of sp³-hybridized carbons (Fsp3) is 0.429. The number of phenolic OH excluding ortho intramolecular Hbond substituents is 1. The van der Waals surface area contributed by atoms with Crippen molar-refractivity contribution >= 4 is 0 Å². The molecule has 0 radical (unpaired) electrons. The fourth-order valence-corrected chi connectivity index (χ4v) is 2.36. The number of benzene rings is 1. The van der Waals surface area contributed by atoms with Gasteiger partial charge in [0.25, 0.3) is 0 Å². The van der Waals surface area contributed by atoms with E-state index in [1.807, 2.05) is 18.2 Å². The van der Waals surface area contributed by atoms with Crippen molar-refractivity contribution < 1.29 is 5.11 Å². The maximum absolute atomic E-state index is 9.79. The van der Waals surface area contributed by atoms with Gasteiger partial charge in [0.15, 0.2) is 0 Å².